The minimum Gasteiger partial charge on any atom is -0.337 e. The van der Waals surface area contributed by atoms with E-state index in [0.717, 1.165) is 59.5 Å². The topological polar surface area (TPSA) is 61.0 Å². The lowest BCUT2D eigenvalue weighted by Gasteiger charge is -2.52. The van der Waals surface area contributed by atoms with Crippen LogP contribution < -0.4 is 5.32 Å². The Bertz CT molecular complexity index is 1740. The van der Waals surface area contributed by atoms with Gasteiger partial charge in [-0.3, -0.25) is 9.89 Å². The number of rotatable bonds is 2. The Balaban J connectivity index is 1.18. The van der Waals surface area contributed by atoms with Crippen molar-refractivity contribution in [2.24, 2.45) is 5.41 Å². The third kappa shape index (κ3) is 4.04. The van der Waals surface area contributed by atoms with Gasteiger partial charge in [0.15, 0.2) is 0 Å². The maximum absolute atomic E-state index is 13.2. The van der Waals surface area contributed by atoms with E-state index in [-0.39, 0.29) is 11.3 Å². The summed E-state index contributed by atoms with van der Waals surface area (Å²) in [6, 6.07) is 28.8. The summed E-state index contributed by atoms with van der Waals surface area (Å²) in [7, 11) is 0. The van der Waals surface area contributed by atoms with Gasteiger partial charge in [0.1, 0.15) is 5.69 Å². The molecule has 1 aromatic heterocycles. The van der Waals surface area contributed by atoms with Gasteiger partial charge < -0.3 is 10.2 Å². The van der Waals surface area contributed by atoms with Crippen LogP contribution in [0.2, 0.25) is 0 Å². The smallest absolute Gasteiger partial charge is 0.253 e. The van der Waals surface area contributed by atoms with Gasteiger partial charge >= 0.3 is 0 Å². The highest BCUT2D eigenvalue weighted by Gasteiger charge is 2.45. The normalized spacial score (nSPS) is 16.3. The van der Waals surface area contributed by atoms with E-state index >= 15 is 0 Å². The van der Waals surface area contributed by atoms with Gasteiger partial charge in [0.2, 0.25) is 0 Å². The average Bonchev–Trinajstić information content (AvgIpc) is 3.37. The van der Waals surface area contributed by atoms with Crippen LogP contribution in [0, 0.1) is 17.3 Å². The van der Waals surface area contributed by atoms with Gasteiger partial charge in [-0.1, -0.05) is 60.5 Å². The van der Waals surface area contributed by atoms with Crippen LogP contribution in [0.4, 0.5) is 0 Å². The molecule has 0 saturated carbocycles. The second kappa shape index (κ2) is 9.16. The molecule has 1 spiro atoms. The van der Waals surface area contributed by atoms with Crippen LogP contribution in [0.5, 0.6) is 0 Å². The van der Waals surface area contributed by atoms with Crippen molar-refractivity contribution >= 4 is 27.6 Å². The zero-order valence-electron chi connectivity index (χ0n) is 21.1. The first-order valence-corrected chi connectivity index (χ1v) is 13.3. The fourth-order valence-corrected chi connectivity index (χ4v) is 5.96. The van der Waals surface area contributed by atoms with Crippen LogP contribution in [0.1, 0.15) is 34.5 Å². The van der Waals surface area contributed by atoms with Crippen LogP contribution in [0.25, 0.3) is 32.8 Å². The molecular weight excluding hydrogens is 468 g/mol. The minimum absolute atomic E-state index is 0.0878. The predicted octanol–water partition coefficient (Wildman–Crippen LogP) is 5.61. The Kier molecular flexibility index (Phi) is 5.49. The van der Waals surface area contributed by atoms with E-state index in [9.17, 15) is 4.79 Å². The molecule has 38 heavy (non-hydrogen) atoms. The zero-order valence-corrected chi connectivity index (χ0v) is 21.1. The molecule has 5 heteroatoms. The van der Waals surface area contributed by atoms with Crippen molar-refractivity contribution in [2.45, 2.75) is 12.8 Å². The number of likely N-dealkylation sites (tertiary alicyclic amines) is 1. The Morgan fingerprint density at radius 2 is 1.74 bits per heavy atom. The molecule has 2 N–H and O–H groups in total. The van der Waals surface area contributed by atoms with Crippen molar-refractivity contribution in [1.29, 1.82) is 0 Å². The summed E-state index contributed by atoms with van der Waals surface area (Å²) >= 11 is 0. The number of aromatic nitrogens is 2. The molecule has 5 nitrogen and oxygen atoms in total. The summed E-state index contributed by atoms with van der Waals surface area (Å²) in [4.78, 5) is 15.2. The number of hydrogen-bond donors (Lipinski definition) is 2. The molecule has 0 unspecified atom stereocenters. The van der Waals surface area contributed by atoms with Crippen LogP contribution in [-0.2, 0) is 0 Å². The third-order valence-electron chi connectivity index (χ3n) is 8.01. The molecule has 2 fully saturated rings. The van der Waals surface area contributed by atoms with E-state index in [1.165, 1.54) is 23.6 Å². The SMILES string of the molecule is O=C(c1ccc2n[nH]c(C#Cc3ccccc3-c3ccc4ccccc4c3)c2c1)N1CC2(CCCNC2)C1. The maximum Gasteiger partial charge on any atom is 0.253 e. The van der Waals surface area contributed by atoms with Crippen molar-refractivity contribution in [1.82, 2.24) is 20.4 Å². The highest BCUT2D eigenvalue weighted by atomic mass is 16.2. The minimum atomic E-state index is 0.0878. The molecule has 2 aliphatic heterocycles. The Hall–Kier alpha value is -4.40. The van der Waals surface area contributed by atoms with Crippen molar-refractivity contribution < 1.29 is 4.79 Å². The number of hydrogen-bond acceptors (Lipinski definition) is 3. The van der Waals surface area contributed by atoms with Gasteiger partial charge in [-0.15, -0.1) is 0 Å². The number of carbonyl (C=O) groups excluding carboxylic acids is 1. The molecule has 0 aliphatic carbocycles. The third-order valence-corrected chi connectivity index (χ3v) is 8.01. The van der Waals surface area contributed by atoms with Crippen molar-refractivity contribution in [3.8, 4) is 23.0 Å². The molecule has 3 heterocycles. The molecule has 2 saturated heterocycles. The van der Waals surface area contributed by atoms with E-state index in [1.807, 2.05) is 41.3 Å². The first-order chi connectivity index (χ1) is 18.7. The lowest BCUT2D eigenvalue weighted by molar-refractivity contribution is -0.00721. The monoisotopic (exact) mass is 496 g/mol. The average molecular weight is 497 g/mol. The fraction of sp³-hybridized carbons (Fsp3) is 0.212. The standard InChI is InChI=1S/C33H28N4O/c38-32(37-21-33(22-37)16-5-17-34-20-33)27-13-15-31-29(19-27)30(35-36-31)14-12-24-7-3-4-9-28(24)26-11-10-23-6-1-2-8-25(23)18-26/h1-4,6-11,13,15,18-19,34H,5,16-17,20-22H2,(H,35,36). The molecule has 186 valence electrons. The Morgan fingerprint density at radius 1 is 0.895 bits per heavy atom. The van der Waals surface area contributed by atoms with E-state index in [4.69, 9.17) is 0 Å². The largest absolute Gasteiger partial charge is 0.337 e. The summed E-state index contributed by atoms with van der Waals surface area (Å²) < 4.78 is 0. The summed E-state index contributed by atoms with van der Waals surface area (Å²) in [5.41, 5.74) is 5.67. The number of nitrogens with zero attached hydrogens (tertiary/aromatic N) is 2. The van der Waals surface area contributed by atoms with E-state index in [0.29, 0.717) is 5.56 Å². The van der Waals surface area contributed by atoms with E-state index in [1.54, 1.807) is 0 Å². The highest BCUT2D eigenvalue weighted by Crippen LogP contribution is 2.37. The molecular formula is C33H28N4O. The summed E-state index contributed by atoms with van der Waals surface area (Å²) in [6.07, 6.45) is 2.39. The van der Waals surface area contributed by atoms with Gasteiger partial charge in [0.05, 0.1) is 5.52 Å². The summed E-state index contributed by atoms with van der Waals surface area (Å²) in [5, 5.41) is 14.3. The molecule has 4 aromatic carbocycles. The van der Waals surface area contributed by atoms with E-state index < -0.39 is 0 Å². The Labute approximate surface area is 221 Å². The second-order valence-corrected chi connectivity index (χ2v) is 10.6. The van der Waals surface area contributed by atoms with Crippen LogP contribution >= 0.6 is 0 Å². The van der Waals surface area contributed by atoms with Crippen LogP contribution in [-0.4, -0.2) is 47.2 Å². The van der Waals surface area contributed by atoms with Gasteiger partial charge in [-0.2, -0.15) is 5.10 Å². The predicted molar refractivity (Wildman–Crippen MR) is 152 cm³/mol. The number of carbonyl (C=O) groups is 1. The van der Waals surface area contributed by atoms with Gasteiger partial charge in [-0.05, 0) is 77.5 Å². The highest BCUT2D eigenvalue weighted by molar-refractivity contribution is 5.99. The van der Waals surface area contributed by atoms with Crippen LogP contribution in [0.3, 0.4) is 0 Å². The molecule has 1 amide bonds. The van der Waals surface area contributed by atoms with E-state index in [2.05, 4.69) is 75.9 Å². The molecule has 0 radical (unpaired) electrons. The molecule has 0 atom stereocenters. The maximum atomic E-state index is 13.2. The van der Waals surface area contributed by atoms with Crippen molar-refractivity contribution in [3.05, 3.63) is 102 Å². The van der Waals surface area contributed by atoms with Crippen molar-refractivity contribution in [2.75, 3.05) is 26.2 Å². The number of fused-ring (bicyclic) bond motifs is 2. The number of amides is 1. The Morgan fingerprint density at radius 3 is 2.61 bits per heavy atom. The quantitative estimate of drug-likeness (QED) is 0.313. The molecule has 0 bridgehead atoms. The molecule has 7 rings (SSSR count). The lowest BCUT2D eigenvalue weighted by atomic mass is 9.74. The number of H-pyrrole nitrogens is 1. The number of benzene rings is 4. The lowest BCUT2D eigenvalue weighted by Crippen LogP contribution is -2.63. The molecule has 2 aliphatic rings. The summed E-state index contributed by atoms with van der Waals surface area (Å²) in [5.74, 6) is 6.75. The van der Waals surface area contributed by atoms with Crippen molar-refractivity contribution in [3.63, 3.8) is 0 Å². The second-order valence-electron chi connectivity index (χ2n) is 10.6. The first-order valence-electron chi connectivity index (χ1n) is 13.3. The van der Waals surface area contributed by atoms with Gasteiger partial charge in [-0.25, -0.2) is 0 Å². The van der Waals surface area contributed by atoms with Gasteiger partial charge in [0.25, 0.3) is 5.91 Å². The number of nitrogens with one attached hydrogen (secondary N) is 2. The fourth-order valence-electron chi connectivity index (χ4n) is 5.96. The molecule has 5 aromatic rings. The first kappa shape index (κ1) is 22.8. The van der Waals surface area contributed by atoms with Gasteiger partial charge in [0, 0.05) is 41.6 Å². The zero-order chi connectivity index (χ0) is 25.5. The van der Waals surface area contributed by atoms with Crippen LogP contribution in [0.15, 0.2) is 84.9 Å². The number of piperidine rings is 1. The summed E-state index contributed by atoms with van der Waals surface area (Å²) in [6.45, 7) is 3.77. The number of aromatic amines is 1.